The number of hydrogen-bond donors (Lipinski definition) is 0. The summed E-state index contributed by atoms with van der Waals surface area (Å²) in [6.45, 7) is 6.38. The van der Waals surface area contributed by atoms with Crippen molar-refractivity contribution in [1.82, 2.24) is 5.06 Å². The highest BCUT2D eigenvalue weighted by atomic mass is 16.7. The summed E-state index contributed by atoms with van der Waals surface area (Å²) in [4.78, 5) is 62.0. The summed E-state index contributed by atoms with van der Waals surface area (Å²) in [5.74, 6) is -3.62. The predicted octanol–water partition coefficient (Wildman–Crippen LogP) is 0.647. The average molecular weight is 343 g/mol. The van der Waals surface area contributed by atoms with Crippen LogP contribution in [0.4, 0.5) is 0 Å². The molecule has 1 fully saturated rings. The molecular formula is C15H21NO8. The van der Waals surface area contributed by atoms with Gasteiger partial charge in [0.05, 0.1) is 12.8 Å². The number of nitrogens with zero attached hydrogens (tertiary/aromatic N) is 1. The number of rotatable bonds is 6. The molecule has 0 N–H and O–H groups in total. The van der Waals surface area contributed by atoms with E-state index in [4.69, 9.17) is 9.47 Å². The average Bonchev–Trinajstić information content (AvgIpc) is 2.75. The van der Waals surface area contributed by atoms with Crippen molar-refractivity contribution in [3.63, 3.8) is 0 Å². The van der Waals surface area contributed by atoms with Crippen LogP contribution in [0.5, 0.6) is 0 Å². The van der Waals surface area contributed by atoms with Crippen molar-refractivity contribution >= 4 is 29.7 Å². The second-order valence-electron chi connectivity index (χ2n) is 6.21. The maximum absolute atomic E-state index is 11.7. The third-order valence-electron chi connectivity index (χ3n) is 2.78. The zero-order chi connectivity index (χ0) is 18.5. The molecule has 9 nitrogen and oxygen atoms in total. The van der Waals surface area contributed by atoms with E-state index >= 15 is 0 Å². The van der Waals surface area contributed by atoms with Crippen molar-refractivity contribution in [2.24, 2.45) is 0 Å². The molecule has 1 rings (SSSR count). The van der Waals surface area contributed by atoms with Crippen molar-refractivity contribution in [1.29, 1.82) is 0 Å². The van der Waals surface area contributed by atoms with E-state index in [1.165, 1.54) is 6.92 Å². The first-order valence-corrected chi connectivity index (χ1v) is 7.48. The number of ether oxygens (including phenoxy) is 2. The molecule has 9 heteroatoms. The third kappa shape index (κ3) is 6.35. The Kier molecular flexibility index (Phi) is 6.44. The first-order valence-electron chi connectivity index (χ1n) is 7.48. The Morgan fingerprint density at radius 2 is 1.54 bits per heavy atom. The molecule has 24 heavy (non-hydrogen) atoms. The molecule has 0 radical (unpaired) electrons. The fourth-order valence-corrected chi connectivity index (χ4v) is 1.70. The predicted molar refractivity (Wildman–Crippen MR) is 77.8 cm³/mol. The number of hydroxylamine groups is 2. The van der Waals surface area contributed by atoms with Gasteiger partial charge in [-0.3, -0.25) is 14.4 Å². The van der Waals surface area contributed by atoms with E-state index in [1.807, 2.05) is 0 Å². The Balaban J connectivity index is 2.35. The van der Waals surface area contributed by atoms with Gasteiger partial charge in [0.2, 0.25) is 0 Å². The van der Waals surface area contributed by atoms with E-state index in [2.05, 4.69) is 4.84 Å². The van der Waals surface area contributed by atoms with Crippen LogP contribution in [0.15, 0.2) is 0 Å². The summed E-state index contributed by atoms with van der Waals surface area (Å²) in [7, 11) is 0. The van der Waals surface area contributed by atoms with Crippen molar-refractivity contribution in [2.75, 3.05) is 0 Å². The van der Waals surface area contributed by atoms with Crippen LogP contribution in [-0.4, -0.2) is 46.5 Å². The van der Waals surface area contributed by atoms with E-state index in [-0.39, 0.29) is 19.3 Å². The largest absolute Gasteiger partial charge is 0.457 e. The molecule has 0 aliphatic carbocycles. The number of hydrogen-bond acceptors (Lipinski definition) is 8. The first-order chi connectivity index (χ1) is 11.0. The zero-order valence-corrected chi connectivity index (χ0v) is 14.1. The van der Waals surface area contributed by atoms with Gasteiger partial charge in [0, 0.05) is 12.8 Å². The quantitative estimate of drug-likeness (QED) is 0.510. The third-order valence-corrected chi connectivity index (χ3v) is 2.78. The lowest BCUT2D eigenvalue weighted by Gasteiger charge is -2.22. The van der Waals surface area contributed by atoms with E-state index in [0.717, 1.165) is 0 Å². The van der Waals surface area contributed by atoms with Gasteiger partial charge in [-0.15, -0.1) is 5.06 Å². The highest BCUT2D eigenvalue weighted by Crippen LogP contribution is 2.13. The molecule has 1 saturated heterocycles. The molecule has 1 heterocycles. The van der Waals surface area contributed by atoms with Gasteiger partial charge in [-0.1, -0.05) is 0 Å². The van der Waals surface area contributed by atoms with Crippen molar-refractivity contribution in [3.05, 3.63) is 0 Å². The standard InChI is InChI=1S/C15H21NO8/c1-9(14(21)23-15(2,3)4)22-12(19)7-8-13(20)24-16-10(17)5-6-11(16)18/h9H,5-8H2,1-4H3/t9-/m0/s1. The normalized spacial score (nSPS) is 15.9. The molecule has 0 unspecified atom stereocenters. The van der Waals surface area contributed by atoms with Crippen LogP contribution in [-0.2, 0) is 38.3 Å². The maximum Gasteiger partial charge on any atom is 0.347 e. The highest BCUT2D eigenvalue weighted by Gasteiger charge is 2.33. The molecule has 0 aromatic rings. The summed E-state index contributed by atoms with van der Waals surface area (Å²) in [5.41, 5.74) is -0.712. The summed E-state index contributed by atoms with van der Waals surface area (Å²) >= 11 is 0. The van der Waals surface area contributed by atoms with Gasteiger partial charge < -0.3 is 14.3 Å². The lowest BCUT2D eigenvalue weighted by molar-refractivity contribution is -0.197. The fourth-order valence-electron chi connectivity index (χ4n) is 1.70. The molecule has 0 spiro atoms. The van der Waals surface area contributed by atoms with E-state index in [1.54, 1.807) is 20.8 Å². The van der Waals surface area contributed by atoms with Crippen LogP contribution >= 0.6 is 0 Å². The topological polar surface area (TPSA) is 116 Å². The van der Waals surface area contributed by atoms with Gasteiger partial charge >= 0.3 is 17.9 Å². The molecule has 134 valence electrons. The van der Waals surface area contributed by atoms with Crippen LogP contribution in [0.25, 0.3) is 0 Å². The Morgan fingerprint density at radius 3 is 2.04 bits per heavy atom. The number of amides is 2. The molecular weight excluding hydrogens is 322 g/mol. The van der Waals surface area contributed by atoms with Crippen molar-refractivity contribution in [3.8, 4) is 0 Å². The minimum absolute atomic E-state index is 0.0123. The number of carbonyl (C=O) groups excluding carboxylic acids is 5. The molecule has 1 aliphatic rings. The monoisotopic (exact) mass is 343 g/mol. The van der Waals surface area contributed by atoms with E-state index < -0.39 is 47.8 Å². The fraction of sp³-hybridized carbons (Fsp3) is 0.667. The van der Waals surface area contributed by atoms with Crippen molar-refractivity contribution < 1.29 is 38.3 Å². The van der Waals surface area contributed by atoms with E-state index in [0.29, 0.717) is 5.06 Å². The number of imide groups is 1. The summed E-state index contributed by atoms with van der Waals surface area (Å²) in [6, 6.07) is 0. The van der Waals surface area contributed by atoms with Gasteiger partial charge in [-0.05, 0) is 27.7 Å². The van der Waals surface area contributed by atoms with E-state index in [9.17, 15) is 24.0 Å². The number of esters is 2. The lowest BCUT2D eigenvalue weighted by Crippen LogP contribution is -2.33. The minimum Gasteiger partial charge on any atom is -0.457 e. The number of carbonyl (C=O) groups is 5. The zero-order valence-electron chi connectivity index (χ0n) is 14.1. The minimum atomic E-state index is -1.12. The Hall–Kier alpha value is -2.45. The molecule has 0 aromatic carbocycles. The van der Waals surface area contributed by atoms with Crippen LogP contribution in [0, 0.1) is 0 Å². The highest BCUT2D eigenvalue weighted by molar-refractivity contribution is 6.01. The second-order valence-corrected chi connectivity index (χ2v) is 6.21. The van der Waals surface area contributed by atoms with Gasteiger partial charge in [-0.25, -0.2) is 9.59 Å². The summed E-state index contributed by atoms with van der Waals surface area (Å²) in [6.07, 6.45) is -1.89. The summed E-state index contributed by atoms with van der Waals surface area (Å²) < 4.78 is 9.90. The Morgan fingerprint density at radius 1 is 1.04 bits per heavy atom. The van der Waals surface area contributed by atoms with Crippen LogP contribution < -0.4 is 0 Å². The Labute approximate surface area is 139 Å². The molecule has 0 saturated carbocycles. The van der Waals surface area contributed by atoms with Crippen molar-refractivity contribution in [2.45, 2.75) is 65.1 Å². The smallest absolute Gasteiger partial charge is 0.347 e. The Bertz CT molecular complexity index is 532. The SMILES string of the molecule is C[C@H](OC(=O)CCC(=O)ON1C(=O)CCC1=O)C(=O)OC(C)(C)C. The molecule has 2 amide bonds. The van der Waals surface area contributed by atoms with Crippen LogP contribution in [0.2, 0.25) is 0 Å². The molecule has 1 aliphatic heterocycles. The molecule has 1 atom stereocenters. The molecule has 0 bridgehead atoms. The maximum atomic E-state index is 11.7. The lowest BCUT2D eigenvalue weighted by atomic mass is 10.2. The van der Waals surface area contributed by atoms with Crippen LogP contribution in [0.3, 0.4) is 0 Å². The van der Waals surface area contributed by atoms with Crippen LogP contribution in [0.1, 0.15) is 53.4 Å². The van der Waals surface area contributed by atoms with Gasteiger partial charge in [-0.2, -0.15) is 0 Å². The molecule has 0 aromatic heterocycles. The van der Waals surface area contributed by atoms with Gasteiger partial charge in [0.25, 0.3) is 11.8 Å². The second kappa shape index (κ2) is 7.89. The van der Waals surface area contributed by atoms with Gasteiger partial charge in [0.1, 0.15) is 5.60 Å². The summed E-state index contributed by atoms with van der Waals surface area (Å²) in [5, 5.41) is 0.400. The first kappa shape index (κ1) is 19.6. The van der Waals surface area contributed by atoms with Gasteiger partial charge in [0.15, 0.2) is 6.10 Å².